The van der Waals surface area contributed by atoms with Gasteiger partial charge in [0.1, 0.15) is 11.5 Å². The lowest BCUT2D eigenvalue weighted by molar-refractivity contribution is -0.114. The van der Waals surface area contributed by atoms with Crippen LogP contribution in [0.5, 0.6) is 5.75 Å². The van der Waals surface area contributed by atoms with Gasteiger partial charge >= 0.3 is 5.63 Å². The Labute approximate surface area is 188 Å². The van der Waals surface area contributed by atoms with Gasteiger partial charge in [-0.05, 0) is 6.07 Å². The molecule has 15 heteroatoms. The van der Waals surface area contributed by atoms with E-state index in [0.29, 0.717) is 5.82 Å². The molecule has 14 nitrogen and oxygen atoms in total. The Morgan fingerprint density at radius 1 is 1.21 bits per heavy atom. The van der Waals surface area contributed by atoms with Crippen molar-refractivity contribution in [2.24, 2.45) is 5.73 Å². The topological polar surface area (TPSA) is 193 Å². The lowest BCUT2D eigenvalue weighted by atomic mass is 10.1. The first kappa shape index (κ1) is 21.6. The fraction of sp³-hybridized carbons (Fsp3) is 0.111. The number of rotatable bonds is 7. The molecule has 0 saturated heterocycles. The number of carbonyl (C=O) groups excluding carboxylic acids is 2. The van der Waals surface area contributed by atoms with E-state index in [1.165, 1.54) is 37.3 Å². The number of nitrogens with two attached hydrogens (primary N) is 1. The molecular formula is C18H15N9O5S. The zero-order valence-electron chi connectivity index (χ0n) is 17.1. The summed E-state index contributed by atoms with van der Waals surface area (Å²) in [7, 11) is 1.26. The molecule has 0 spiro atoms. The van der Waals surface area contributed by atoms with Crippen molar-refractivity contribution in [1.82, 2.24) is 29.9 Å². The van der Waals surface area contributed by atoms with Gasteiger partial charge in [0.25, 0.3) is 5.91 Å². The number of primary amides is 1. The molecule has 168 valence electrons. The molecule has 0 fully saturated rings. The number of methoxy groups -OCH3 is 1. The predicted octanol–water partition coefficient (Wildman–Crippen LogP) is 0.943. The molecule has 4 N–H and O–H groups in total. The summed E-state index contributed by atoms with van der Waals surface area (Å²) < 4.78 is 11.7. The van der Waals surface area contributed by atoms with Gasteiger partial charge in [0.15, 0.2) is 5.01 Å². The van der Waals surface area contributed by atoms with E-state index in [2.05, 4.69) is 35.9 Å². The summed E-state index contributed by atoms with van der Waals surface area (Å²) in [6, 6.07) is 3.17. The second-order valence-corrected chi connectivity index (χ2v) is 7.22. The molecule has 0 aliphatic carbocycles. The van der Waals surface area contributed by atoms with Crippen molar-refractivity contribution in [2.45, 2.75) is 6.92 Å². The maximum absolute atomic E-state index is 12.4. The minimum atomic E-state index is -1.02. The molecule has 0 saturated carbocycles. The second-order valence-electron chi connectivity index (χ2n) is 6.26. The number of hydrogen-bond donors (Lipinski definition) is 3. The molecule has 4 heterocycles. The maximum Gasteiger partial charge on any atom is 0.381 e. The minimum Gasteiger partial charge on any atom is -0.488 e. The number of nitrogens with one attached hydrogen (secondary N) is 2. The highest BCUT2D eigenvalue weighted by Crippen LogP contribution is 2.39. The third-order valence-electron chi connectivity index (χ3n) is 4.07. The Balaban J connectivity index is 1.90. The maximum atomic E-state index is 12.4. The van der Waals surface area contributed by atoms with Gasteiger partial charge in [-0.1, -0.05) is 11.3 Å². The van der Waals surface area contributed by atoms with E-state index >= 15 is 0 Å². The molecule has 4 aromatic rings. The number of aromatic nitrogens is 6. The SMILES string of the molecule is COc1c(Nc2ncccn2)c(-c2nnc(-n3nccc3NC(C)=O)s2)c(C(N)=O)oc1=O. The molecule has 4 rings (SSSR count). The Morgan fingerprint density at radius 3 is 2.64 bits per heavy atom. The molecule has 0 aliphatic heterocycles. The number of hydrogen-bond acceptors (Lipinski definition) is 12. The predicted molar refractivity (Wildman–Crippen MR) is 116 cm³/mol. The molecule has 2 amide bonds. The van der Waals surface area contributed by atoms with Gasteiger partial charge in [-0.25, -0.2) is 14.8 Å². The Hall–Kier alpha value is -4.66. The van der Waals surface area contributed by atoms with Crippen molar-refractivity contribution in [3.8, 4) is 21.5 Å². The average molecular weight is 469 g/mol. The van der Waals surface area contributed by atoms with Crippen LogP contribution in [0.1, 0.15) is 17.5 Å². The van der Waals surface area contributed by atoms with Crippen LogP contribution < -0.4 is 26.7 Å². The number of ether oxygens (including phenoxy) is 1. The van der Waals surface area contributed by atoms with Crippen molar-refractivity contribution >= 4 is 40.6 Å². The largest absolute Gasteiger partial charge is 0.488 e. The highest BCUT2D eigenvalue weighted by atomic mass is 32.1. The van der Waals surface area contributed by atoms with Crippen LogP contribution in [0.4, 0.5) is 17.5 Å². The summed E-state index contributed by atoms with van der Waals surface area (Å²) in [5.74, 6) is -1.57. The standard InChI is InChI=1S/C18H15N9O5S/c1-8(28)23-9-4-7-22-27(9)18-26-25-15(33-18)10-11(24-17-20-5-3-6-21-17)13(31-2)16(30)32-12(10)14(19)29/h3-7H,1-2H3,(H2,19,29)(H,23,28)(H,20,21,24). The van der Waals surface area contributed by atoms with Crippen molar-refractivity contribution in [3.05, 3.63) is 46.9 Å². The van der Waals surface area contributed by atoms with Crippen molar-refractivity contribution in [3.63, 3.8) is 0 Å². The molecule has 0 aromatic carbocycles. The molecule has 0 unspecified atom stereocenters. The van der Waals surface area contributed by atoms with Crippen molar-refractivity contribution in [2.75, 3.05) is 17.7 Å². The van der Waals surface area contributed by atoms with Crippen molar-refractivity contribution < 1.29 is 18.7 Å². The van der Waals surface area contributed by atoms with E-state index in [4.69, 9.17) is 14.9 Å². The van der Waals surface area contributed by atoms with E-state index in [0.717, 1.165) is 11.3 Å². The fourth-order valence-corrected chi connectivity index (χ4v) is 3.67. The van der Waals surface area contributed by atoms with E-state index in [9.17, 15) is 14.4 Å². The lowest BCUT2D eigenvalue weighted by Gasteiger charge is -2.14. The van der Waals surface area contributed by atoms with E-state index in [-0.39, 0.29) is 39.0 Å². The van der Waals surface area contributed by atoms with Crippen LogP contribution in [0.25, 0.3) is 15.7 Å². The van der Waals surface area contributed by atoms with Crippen LogP contribution in [0.3, 0.4) is 0 Å². The summed E-state index contributed by atoms with van der Waals surface area (Å²) >= 11 is 0.987. The number of nitrogens with zero attached hydrogens (tertiary/aromatic N) is 6. The fourth-order valence-electron chi connectivity index (χ4n) is 2.81. The zero-order chi connectivity index (χ0) is 23.5. The Morgan fingerprint density at radius 2 is 1.97 bits per heavy atom. The van der Waals surface area contributed by atoms with Gasteiger partial charge in [-0.2, -0.15) is 9.78 Å². The highest BCUT2D eigenvalue weighted by molar-refractivity contribution is 7.17. The third kappa shape index (κ3) is 4.24. The minimum absolute atomic E-state index is 0.0130. The van der Waals surface area contributed by atoms with Crippen LogP contribution in [0.2, 0.25) is 0 Å². The third-order valence-corrected chi connectivity index (χ3v) is 4.99. The molecule has 4 aromatic heterocycles. The monoisotopic (exact) mass is 469 g/mol. The van der Waals surface area contributed by atoms with E-state index < -0.39 is 17.3 Å². The highest BCUT2D eigenvalue weighted by Gasteiger charge is 2.28. The summed E-state index contributed by atoms with van der Waals surface area (Å²) in [6.07, 6.45) is 4.42. The molecular weight excluding hydrogens is 454 g/mol. The Kier molecular flexibility index (Phi) is 5.77. The molecule has 33 heavy (non-hydrogen) atoms. The van der Waals surface area contributed by atoms with Gasteiger partial charge in [-0.15, -0.1) is 10.2 Å². The number of carbonyl (C=O) groups is 2. The van der Waals surface area contributed by atoms with Crippen LogP contribution in [0.15, 0.2) is 39.9 Å². The summed E-state index contributed by atoms with van der Waals surface area (Å²) in [5.41, 5.74) is 4.56. The summed E-state index contributed by atoms with van der Waals surface area (Å²) in [4.78, 5) is 44.2. The summed E-state index contributed by atoms with van der Waals surface area (Å²) in [6.45, 7) is 1.35. The smallest absolute Gasteiger partial charge is 0.381 e. The number of amides is 2. The zero-order valence-corrected chi connectivity index (χ0v) is 17.9. The normalized spacial score (nSPS) is 10.6. The first-order valence-corrected chi connectivity index (χ1v) is 9.95. The average Bonchev–Trinajstić information content (AvgIpc) is 3.43. The molecule has 0 aliphatic rings. The van der Waals surface area contributed by atoms with Crippen LogP contribution >= 0.6 is 11.3 Å². The number of anilines is 3. The van der Waals surface area contributed by atoms with Gasteiger partial charge in [0, 0.05) is 25.4 Å². The molecule has 0 atom stereocenters. The first-order chi connectivity index (χ1) is 15.9. The van der Waals surface area contributed by atoms with Gasteiger partial charge in [0.05, 0.1) is 18.9 Å². The van der Waals surface area contributed by atoms with Gasteiger partial charge in [-0.3, -0.25) is 9.59 Å². The van der Waals surface area contributed by atoms with Crippen LogP contribution in [-0.4, -0.2) is 48.9 Å². The van der Waals surface area contributed by atoms with E-state index in [1.807, 2.05) is 0 Å². The van der Waals surface area contributed by atoms with Crippen molar-refractivity contribution in [1.29, 1.82) is 0 Å². The van der Waals surface area contributed by atoms with Crippen LogP contribution in [-0.2, 0) is 4.79 Å². The molecule has 0 radical (unpaired) electrons. The van der Waals surface area contributed by atoms with Gasteiger partial charge < -0.3 is 25.5 Å². The van der Waals surface area contributed by atoms with E-state index in [1.54, 1.807) is 12.1 Å². The van der Waals surface area contributed by atoms with Crippen LogP contribution in [0, 0.1) is 0 Å². The first-order valence-electron chi connectivity index (χ1n) is 9.13. The second kappa shape index (κ2) is 8.83. The van der Waals surface area contributed by atoms with Gasteiger partial charge in [0.2, 0.25) is 28.5 Å². The molecule has 0 bridgehead atoms. The quantitative estimate of drug-likeness (QED) is 0.349. The summed E-state index contributed by atoms with van der Waals surface area (Å²) in [5, 5.41) is 18.2. The Bertz CT molecular complexity index is 1400. The lowest BCUT2D eigenvalue weighted by Crippen LogP contribution is -2.19.